The number of furan rings is 1. The predicted octanol–water partition coefficient (Wildman–Crippen LogP) is 3.60. The van der Waals surface area contributed by atoms with Gasteiger partial charge in [0.05, 0.1) is 17.8 Å². The summed E-state index contributed by atoms with van der Waals surface area (Å²) in [6, 6.07) is 13.6. The first kappa shape index (κ1) is 15.7. The number of rotatable bonds is 3. The molecule has 1 amide bonds. The molecule has 0 fully saturated rings. The summed E-state index contributed by atoms with van der Waals surface area (Å²) < 4.78 is 7.03. The molecule has 1 atom stereocenters. The number of anilines is 1. The van der Waals surface area contributed by atoms with Crippen LogP contribution in [-0.4, -0.2) is 25.7 Å². The molecule has 0 aliphatic carbocycles. The number of hydrogen-bond donors (Lipinski definition) is 1. The Kier molecular flexibility index (Phi) is 3.71. The molecular formula is C20H17N5O2. The van der Waals surface area contributed by atoms with Crippen LogP contribution in [0.1, 0.15) is 40.8 Å². The Hall–Kier alpha value is -3.48. The Morgan fingerprint density at radius 3 is 3.04 bits per heavy atom. The Bertz CT molecular complexity index is 1120. The first-order valence-electron chi connectivity index (χ1n) is 8.93. The van der Waals surface area contributed by atoms with E-state index in [1.807, 2.05) is 29.1 Å². The summed E-state index contributed by atoms with van der Waals surface area (Å²) in [6.45, 7) is 0. The summed E-state index contributed by atoms with van der Waals surface area (Å²) in [5, 5.41) is 8.36. The van der Waals surface area contributed by atoms with Crippen LogP contribution in [0.4, 0.5) is 5.95 Å². The number of benzene rings is 1. The summed E-state index contributed by atoms with van der Waals surface area (Å²) in [7, 11) is 0. The van der Waals surface area contributed by atoms with Crippen molar-refractivity contribution in [3.05, 3.63) is 72.1 Å². The fourth-order valence-electron chi connectivity index (χ4n) is 3.55. The average Bonchev–Trinajstić information content (AvgIpc) is 3.37. The number of amides is 1. The van der Waals surface area contributed by atoms with Crippen molar-refractivity contribution in [2.24, 2.45) is 0 Å². The van der Waals surface area contributed by atoms with Gasteiger partial charge < -0.3 is 4.42 Å². The number of aromatic nitrogens is 4. The molecule has 134 valence electrons. The first-order valence-corrected chi connectivity index (χ1v) is 8.93. The Labute approximate surface area is 155 Å². The Balaban J connectivity index is 1.47. The number of carbonyl (C=O) groups excluding carboxylic acids is 1. The number of nitrogens with one attached hydrogen (secondary N) is 1. The molecule has 5 rings (SSSR count). The molecule has 1 aliphatic heterocycles. The zero-order valence-electron chi connectivity index (χ0n) is 14.5. The van der Waals surface area contributed by atoms with Crippen LogP contribution >= 0.6 is 0 Å². The highest BCUT2D eigenvalue weighted by molar-refractivity contribution is 6.01. The normalized spacial score (nSPS) is 16.2. The lowest BCUT2D eigenvalue weighted by Gasteiger charge is -2.23. The van der Waals surface area contributed by atoms with Crippen LogP contribution in [0.3, 0.4) is 0 Å². The first-order chi connectivity index (χ1) is 13.3. The lowest BCUT2D eigenvalue weighted by molar-refractivity contribution is 0.0995. The van der Waals surface area contributed by atoms with E-state index in [0.717, 1.165) is 41.6 Å². The number of nitrogens with zero attached hydrogens (tertiary/aromatic N) is 4. The third-order valence-corrected chi connectivity index (χ3v) is 4.84. The smallest absolute Gasteiger partial charge is 0.293 e. The van der Waals surface area contributed by atoms with Gasteiger partial charge in [-0.3, -0.25) is 15.1 Å². The second-order valence-corrected chi connectivity index (χ2v) is 6.60. The monoisotopic (exact) mass is 359 g/mol. The van der Waals surface area contributed by atoms with Gasteiger partial charge in [0.15, 0.2) is 5.76 Å². The van der Waals surface area contributed by atoms with Gasteiger partial charge in [0.1, 0.15) is 5.82 Å². The standard InChI is InChI=1S/C20H17N5O2/c26-19(17-8-4-10-27-17)23-20-22-18-9-3-7-16(25(18)24-20)14-11-13-5-1-2-6-15(13)21-12-14/h1-2,4-6,8,10-12,16H,3,7,9H2,(H,23,24,26). The van der Waals surface area contributed by atoms with Crippen LogP contribution in [0.2, 0.25) is 0 Å². The molecule has 7 nitrogen and oxygen atoms in total. The molecule has 7 heteroatoms. The van der Waals surface area contributed by atoms with Crippen LogP contribution in [0, 0.1) is 0 Å². The molecule has 1 unspecified atom stereocenters. The molecule has 0 saturated heterocycles. The lowest BCUT2D eigenvalue weighted by Crippen LogP contribution is -2.20. The van der Waals surface area contributed by atoms with Gasteiger partial charge in [-0.1, -0.05) is 18.2 Å². The zero-order chi connectivity index (χ0) is 18.2. The quantitative estimate of drug-likeness (QED) is 0.604. The highest BCUT2D eigenvalue weighted by atomic mass is 16.3. The average molecular weight is 359 g/mol. The van der Waals surface area contributed by atoms with Gasteiger partial charge in [0.25, 0.3) is 5.91 Å². The lowest BCUT2D eigenvalue weighted by atomic mass is 9.98. The van der Waals surface area contributed by atoms with Gasteiger partial charge >= 0.3 is 0 Å². The number of carbonyl (C=O) groups is 1. The summed E-state index contributed by atoms with van der Waals surface area (Å²) in [4.78, 5) is 21.3. The van der Waals surface area contributed by atoms with Crippen molar-refractivity contribution in [3.8, 4) is 0 Å². The molecule has 1 N–H and O–H groups in total. The SMILES string of the molecule is O=C(Nc1nc2n(n1)C(c1cnc3ccccc3c1)CCC2)c1ccco1. The van der Waals surface area contributed by atoms with Gasteiger partial charge in [0, 0.05) is 18.0 Å². The van der Waals surface area contributed by atoms with E-state index >= 15 is 0 Å². The fourth-order valence-corrected chi connectivity index (χ4v) is 3.55. The van der Waals surface area contributed by atoms with Crippen molar-refractivity contribution in [2.45, 2.75) is 25.3 Å². The number of hydrogen-bond acceptors (Lipinski definition) is 5. The third-order valence-electron chi connectivity index (χ3n) is 4.84. The second-order valence-electron chi connectivity index (χ2n) is 6.60. The van der Waals surface area contributed by atoms with E-state index in [1.54, 1.807) is 12.1 Å². The van der Waals surface area contributed by atoms with E-state index in [2.05, 4.69) is 32.5 Å². The number of aryl methyl sites for hydroxylation is 1. The Morgan fingerprint density at radius 1 is 1.22 bits per heavy atom. The molecule has 1 aromatic carbocycles. The van der Waals surface area contributed by atoms with Crippen molar-refractivity contribution < 1.29 is 9.21 Å². The molecule has 4 heterocycles. The van der Waals surface area contributed by atoms with E-state index in [1.165, 1.54) is 6.26 Å². The molecule has 0 spiro atoms. The van der Waals surface area contributed by atoms with E-state index in [9.17, 15) is 4.79 Å². The van der Waals surface area contributed by atoms with Crippen LogP contribution in [0.25, 0.3) is 10.9 Å². The highest BCUT2D eigenvalue weighted by Crippen LogP contribution is 2.31. The van der Waals surface area contributed by atoms with Crippen LogP contribution < -0.4 is 5.32 Å². The van der Waals surface area contributed by atoms with Gasteiger partial charge in [-0.15, -0.1) is 5.10 Å². The molecule has 0 radical (unpaired) electrons. The number of para-hydroxylation sites is 1. The van der Waals surface area contributed by atoms with Crippen molar-refractivity contribution in [2.75, 3.05) is 5.32 Å². The zero-order valence-corrected chi connectivity index (χ0v) is 14.5. The van der Waals surface area contributed by atoms with Crippen molar-refractivity contribution >= 4 is 22.8 Å². The summed E-state index contributed by atoms with van der Waals surface area (Å²) in [5.74, 6) is 1.05. The van der Waals surface area contributed by atoms with Crippen LogP contribution in [-0.2, 0) is 6.42 Å². The molecular weight excluding hydrogens is 342 g/mol. The van der Waals surface area contributed by atoms with E-state index in [4.69, 9.17) is 4.42 Å². The van der Waals surface area contributed by atoms with E-state index < -0.39 is 0 Å². The van der Waals surface area contributed by atoms with Gasteiger partial charge in [-0.05, 0) is 42.7 Å². The highest BCUT2D eigenvalue weighted by Gasteiger charge is 2.26. The summed E-state index contributed by atoms with van der Waals surface area (Å²) >= 11 is 0. The van der Waals surface area contributed by atoms with Crippen molar-refractivity contribution in [3.63, 3.8) is 0 Å². The van der Waals surface area contributed by atoms with Crippen LogP contribution in [0.5, 0.6) is 0 Å². The largest absolute Gasteiger partial charge is 0.459 e. The summed E-state index contributed by atoms with van der Waals surface area (Å²) in [6.07, 6.45) is 6.18. The van der Waals surface area contributed by atoms with Crippen molar-refractivity contribution in [1.29, 1.82) is 0 Å². The minimum Gasteiger partial charge on any atom is -0.459 e. The maximum Gasteiger partial charge on any atom is 0.293 e. The number of pyridine rings is 1. The van der Waals surface area contributed by atoms with Crippen LogP contribution in [0.15, 0.2) is 59.3 Å². The van der Waals surface area contributed by atoms with Gasteiger partial charge in [-0.2, -0.15) is 4.98 Å². The maximum atomic E-state index is 12.2. The number of fused-ring (bicyclic) bond motifs is 2. The molecule has 0 saturated carbocycles. The van der Waals surface area contributed by atoms with Crippen molar-refractivity contribution in [1.82, 2.24) is 19.7 Å². The minimum atomic E-state index is -0.355. The molecule has 1 aliphatic rings. The predicted molar refractivity (Wildman–Crippen MR) is 99.5 cm³/mol. The topological polar surface area (TPSA) is 85.8 Å². The summed E-state index contributed by atoms with van der Waals surface area (Å²) in [5.41, 5.74) is 2.07. The third kappa shape index (κ3) is 2.87. The molecule has 27 heavy (non-hydrogen) atoms. The fraction of sp³-hybridized carbons (Fsp3) is 0.200. The second kappa shape index (κ2) is 6.35. The van der Waals surface area contributed by atoms with Gasteiger partial charge in [0.2, 0.25) is 5.95 Å². The molecule has 0 bridgehead atoms. The maximum absolute atomic E-state index is 12.2. The molecule has 3 aromatic heterocycles. The Morgan fingerprint density at radius 2 is 2.15 bits per heavy atom. The van der Waals surface area contributed by atoms with Gasteiger partial charge in [-0.25, -0.2) is 4.68 Å². The van der Waals surface area contributed by atoms with E-state index in [-0.39, 0.29) is 17.7 Å². The van der Waals surface area contributed by atoms with E-state index in [0.29, 0.717) is 5.95 Å². The minimum absolute atomic E-state index is 0.0626. The molecule has 4 aromatic rings.